The molecule has 0 aliphatic heterocycles. The molecule has 0 amide bonds. The van der Waals surface area contributed by atoms with Gasteiger partial charge < -0.3 is 10.6 Å². The van der Waals surface area contributed by atoms with E-state index in [2.05, 4.69) is 4.98 Å². The number of nitrogens with zero attached hydrogens (tertiary/aromatic N) is 2. The van der Waals surface area contributed by atoms with Gasteiger partial charge in [0.15, 0.2) is 0 Å². The van der Waals surface area contributed by atoms with E-state index in [0.29, 0.717) is 12.2 Å². The summed E-state index contributed by atoms with van der Waals surface area (Å²) in [6.07, 6.45) is 1.72. The van der Waals surface area contributed by atoms with E-state index in [9.17, 15) is 0 Å². The van der Waals surface area contributed by atoms with Crippen molar-refractivity contribution in [3.05, 3.63) is 24.0 Å². The lowest BCUT2D eigenvalue weighted by atomic mass is 10.3. The third kappa shape index (κ3) is 2.18. The van der Waals surface area contributed by atoms with Crippen LogP contribution in [0.2, 0.25) is 0 Å². The van der Waals surface area contributed by atoms with Crippen LogP contribution in [0.3, 0.4) is 0 Å². The number of hydroxylamine groups is 2. The monoisotopic (exact) mass is 167 g/mol. The first kappa shape index (κ1) is 8.96. The van der Waals surface area contributed by atoms with E-state index >= 15 is 0 Å². The second-order valence-electron chi connectivity index (χ2n) is 2.51. The lowest BCUT2D eigenvalue weighted by molar-refractivity contribution is -0.117. The number of hydrogen-bond acceptors (Lipinski definition) is 4. The Kier molecular flexibility index (Phi) is 3.01. The maximum absolute atomic E-state index is 5.68. The van der Waals surface area contributed by atoms with E-state index in [1.54, 1.807) is 18.4 Å². The molecule has 0 unspecified atom stereocenters. The molecule has 66 valence electrons. The van der Waals surface area contributed by atoms with Crippen molar-refractivity contribution < 1.29 is 4.84 Å². The summed E-state index contributed by atoms with van der Waals surface area (Å²) in [4.78, 5) is 9.07. The zero-order chi connectivity index (χ0) is 8.97. The number of aromatic nitrogens is 1. The lowest BCUT2D eigenvalue weighted by Gasteiger charge is -2.13. The fraction of sp³-hybridized carbons (Fsp3) is 0.375. The van der Waals surface area contributed by atoms with E-state index in [4.69, 9.17) is 10.6 Å². The highest BCUT2D eigenvalue weighted by Crippen LogP contribution is 2.08. The molecule has 0 bridgehead atoms. The zero-order valence-electron chi connectivity index (χ0n) is 7.32. The number of hydrogen-bond donors (Lipinski definition) is 1. The number of nitrogen functional groups attached to an aromatic ring is 1. The molecule has 1 rings (SSSR count). The van der Waals surface area contributed by atoms with Crippen LogP contribution >= 0.6 is 0 Å². The van der Waals surface area contributed by atoms with Crippen LogP contribution < -0.4 is 5.73 Å². The maximum atomic E-state index is 5.68. The third-order valence-corrected chi connectivity index (χ3v) is 1.61. The zero-order valence-corrected chi connectivity index (χ0v) is 7.32. The summed E-state index contributed by atoms with van der Waals surface area (Å²) in [6, 6.07) is 3.64. The largest absolute Gasteiger partial charge is 0.397 e. The predicted molar refractivity (Wildman–Crippen MR) is 47.1 cm³/mol. The van der Waals surface area contributed by atoms with Crippen LogP contribution in [-0.2, 0) is 11.4 Å². The van der Waals surface area contributed by atoms with Gasteiger partial charge in [-0.05, 0) is 12.1 Å². The molecule has 1 aromatic rings. The van der Waals surface area contributed by atoms with E-state index in [1.807, 2.05) is 19.2 Å². The first-order chi connectivity index (χ1) is 5.74. The normalized spacial score (nSPS) is 10.6. The summed E-state index contributed by atoms with van der Waals surface area (Å²) in [6.45, 7) is 0.600. The summed E-state index contributed by atoms with van der Waals surface area (Å²) >= 11 is 0. The topological polar surface area (TPSA) is 51.4 Å². The molecule has 12 heavy (non-hydrogen) atoms. The van der Waals surface area contributed by atoms with E-state index in [-0.39, 0.29) is 0 Å². The van der Waals surface area contributed by atoms with Gasteiger partial charge in [-0.3, -0.25) is 4.98 Å². The molecule has 1 heterocycles. The first-order valence-electron chi connectivity index (χ1n) is 3.68. The van der Waals surface area contributed by atoms with Crippen molar-refractivity contribution in [2.75, 3.05) is 19.9 Å². The van der Waals surface area contributed by atoms with Crippen LogP contribution in [0.4, 0.5) is 5.69 Å². The van der Waals surface area contributed by atoms with Crippen LogP contribution in [0.1, 0.15) is 5.69 Å². The molecular weight excluding hydrogens is 154 g/mol. The first-order valence-corrected chi connectivity index (χ1v) is 3.68. The minimum Gasteiger partial charge on any atom is -0.397 e. The Balaban J connectivity index is 2.69. The van der Waals surface area contributed by atoms with Gasteiger partial charge in [0.1, 0.15) is 0 Å². The quantitative estimate of drug-likeness (QED) is 0.672. The van der Waals surface area contributed by atoms with Crippen molar-refractivity contribution >= 4 is 5.69 Å². The minimum atomic E-state index is 0.600. The van der Waals surface area contributed by atoms with Crippen LogP contribution in [0.5, 0.6) is 0 Å². The van der Waals surface area contributed by atoms with Gasteiger partial charge in [-0.15, -0.1) is 0 Å². The van der Waals surface area contributed by atoms with Gasteiger partial charge in [0.05, 0.1) is 25.0 Å². The van der Waals surface area contributed by atoms with Crippen molar-refractivity contribution in [2.45, 2.75) is 6.54 Å². The molecule has 0 saturated heterocycles. The molecule has 0 fully saturated rings. The summed E-state index contributed by atoms with van der Waals surface area (Å²) in [5, 5.41) is 1.67. The molecule has 0 saturated carbocycles. The standard InChI is InChI=1S/C8H13N3O/c1-11(12-2)6-8-7(9)4-3-5-10-8/h3-5H,6,9H2,1-2H3. The van der Waals surface area contributed by atoms with Crippen LogP contribution in [0.15, 0.2) is 18.3 Å². The number of pyridine rings is 1. The summed E-state index contributed by atoms with van der Waals surface area (Å²) in [5.41, 5.74) is 7.21. The lowest BCUT2D eigenvalue weighted by Crippen LogP contribution is -2.17. The van der Waals surface area contributed by atoms with Gasteiger partial charge in [-0.2, -0.15) is 5.06 Å². The maximum Gasteiger partial charge on any atom is 0.0796 e. The number of anilines is 1. The van der Waals surface area contributed by atoms with Gasteiger partial charge in [-0.25, -0.2) is 0 Å². The Morgan fingerprint density at radius 3 is 3.00 bits per heavy atom. The smallest absolute Gasteiger partial charge is 0.0796 e. The molecule has 0 aromatic carbocycles. The van der Waals surface area contributed by atoms with Crippen molar-refractivity contribution in [1.82, 2.24) is 10.0 Å². The van der Waals surface area contributed by atoms with Crippen molar-refractivity contribution in [1.29, 1.82) is 0 Å². The fourth-order valence-corrected chi connectivity index (χ4v) is 0.858. The Hall–Kier alpha value is -1.13. The Bertz CT molecular complexity index is 252. The van der Waals surface area contributed by atoms with Gasteiger partial charge in [0.25, 0.3) is 0 Å². The molecule has 0 aliphatic rings. The van der Waals surface area contributed by atoms with Crippen LogP contribution in [0, 0.1) is 0 Å². The molecule has 1 aromatic heterocycles. The Labute approximate surface area is 71.9 Å². The Morgan fingerprint density at radius 1 is 1.67 bits per heavy atom. The molecule has 4 nitrogen and oxygen atoms in total. The summed E-state index contributed by atoms with van der Waals surface area (Å²) in [5.74, 6) is 0. The highest BCUT2D eigenvalue weighted by atomic mass is 16.7. The summed E-state index contributed by atoms with van der Waals surface area (Å²) in [7, 11) is 3.44. The van der Waals surface area contributed by atoms with Crippen molar-refractivity contribution in [3.8, 4) is 0 Å². The van der Waals surface area contributed by atoms with Crippen LogP contribution in [0.25, 0.3) is 0 Å². The Morgan fingerprint density at radius 2 is 2.42 bits per heavy atom. The van der Waals surface area contributed by atoms with Gasteiger partial charge >= 0.3 is 0 Å². The van der Waals surface area contributed by atoms with E-state index in [1.165, 1.54) is 0 Å². The summed E-state index contributed by atoms with van der Waals surface area (Å²) < 4.78 is 0. The third-order valence-electron chi connectivity index (χ3n) is 1.61. The molecule has 0 spiro atoms. The van der Waals surface area contributed by atoms with Gasteiger partial charge in [0, 0.05) is 13.2 Å². The average Bonchev–Trinajstić information content (AvgIpc) is 2.09. The minimum absolute atomic E-state index is 0.600. The second-order valence-corrected chi connectivity index (χ2v) is 2.51. The highest BCUT2D eigenvalue weighted by Gasteiger charge is 2.02. The molecule has 2 N–H and O–H groups in total. The number of rotatable bonds is 3. The molecular formula is C8H13N3O. The highest BCUT2D eigenvalue weighted by molar-refractivity contribution is 5.41. The van der Waals surface area contributed by atoms with Gasteiger partial charge in [-0.1, -0.05) is 0 Å². The molecule has 4 heteroatoms. The molecule has 0 radical (unpaired) electrons. The second kappa shape index (κ2) is 4.04. The van der Waals surface area contributed by atoms with Crippen molar-refractivity contribution in [3.63, 3.8) is 0 Å². The average molecular weight is 167 g/mol. The number of nitrogens with two attached hydrogens (primary N) is 1. The fourth-order valence-electron chi connectivity index (χ4n) is 0.858. The predicted octanol–water partition coefficient (Wildman–Crippen LogP) is 0.657. The van der Waals surface area contributed by atoms with Crippen molar-refractivity contribution in [2.24, 2.45) is 0 Å². The SMILES string of the molecule is CON(C)Cc1ncccc1N. The van der Waals surface area contributed by atoms with Gasteiger partial charge in [0.2, 0.25) is 0 Å². The molecule has 0 aliphatic carbocycles. The van der Waals surface area contributed by atoms with E-state index < -0.39 is 0 Å². The van der Waals surface area contributed by atoms with Crippen LogP contribution in [-0.4, -0.2) is 24.2 Å². The molecule has 0 atom stereocenters. The van der Waals surface area contributed by atoms with E-state index in [0.717, 1.165) is 5.69 Å².